The molecule has 0 nitrogen and oxygen atoms in total. The van der Waals surface area contributed by atoms with E-state index < -0.39 is 0 Å². The van der Waals surface area contributed by atoms with Gasteiger partial charge in [0.05, 0.1) is 0 Å². The molecule has 3 rings (SSSR count). The van der Waals surface area contributed by atoms with Gasteiger partial charge in [-0.1, -0.05) is 88.5 Å². The average molecular weight is 389 g/mol. The molecule has 0 aliphatic heterocycles. The molecule has 0 heterocycles. The van der Waals surface area contributed by atoms with Gasteiger partial charge >= 0.3 is 0 Å². The summed E-state index contributed by atoms with van der Waals surface area (Å²) in [5, 5.41) is 0. The minimum Gasteiger partial charge on any atom is -0.0651 e. The molecule has 0 radical (unpaired) electrons. The van der Waals surface area contributed by atoms with E-state index in [2.05, 4.69) is 69.2 Å². The summed E-state index contributed by atoms with van der Waals surface area (Å²) in [6.07, 6.45) is 11.6. The van der Waals surface area contributed by atoms with Gasteiger partial charge in [-0.3, -0.25) is 0 Å². The van der Waals surface area contributed by atoms with E-state index in [-0.39, 0.29) is 0 Å². The Morgan fingerprint density at radius 3 is 2.14 bits per heavy atom. The SMILES string of the molecule is CCC(C)C(CCC1C(C)C2(C)CC3(CC)CCC3C12)(C(C)C)C(C)(C)CC. The number of fused-ring (bicyclic) bond motifs is 3. The van der Waals surface area contributed by atoms with Crippen molar-refractivity contribution in [1.29, 1.82) is 0 Å². The molecule has 0 saturated heterocycles. The van der Waals surface area contributed by atoms with Gasteiger partial charge in [0.15, 0.2) is 0 Å². The quantitative estimate of drug-likeness (QED) is 0.369. The molecule has 0 N–H and O–H groups in total. The maximum atomic E-state index is 2.68. The van der Waals surface area contributed by atoms with Gasteiger partial charge in [0.1, 0.15) is 0 Å². The van der Waals surface area contributed by atoms with E-state index in [4.69, 9.17) is 0 Å². The van der Waals surface area contributed by atoms with Crippen molar-refractivity contribution in [3.05, 3.63) is 0 Å². The second-order valence-electron chi connectivity index (χ2n) is 12.8. The van der Waals surface area contributed by atoms with Crippen molar-refractivity contribution in [1.82, 2.24) is 0 Å². The highest BCUT2D eigenvalue weighted by Crippen LogP contribution is 2.78. The highest BCUT2D eigenvalue weighted by Gasteiger charge is 2.71. The molecular formula is C28H52. The minimum absolute atomic E-state index is 0.423. The van der Waals surface area contributed by atoms with Gasteiger partial charge in [-0.2, -0.15) is 0 Å². The van der Waals surface area contributed by atoms with Crippen LogP contribution in [0.4, 0.5) is 0 Å². The molecule has 0 aromatic heterocycles. The second kappa shape index (κ2) is 7.30. The molecule has 8 atom stereocenters. The van der Waals surface area contributed by atoms with Gasteiger partial charge in [-0.15, -0.1) is 0 Å². The molecule has 3 aliphatic carbocycles. The topological polar surface area (TPSA) is 0 Å². The normalized spacial score (nSPS) is 43.0. The summed E-state index contributed by atoms with van der Waals surface area (Å²) >= 11 is 0. The zero-order valence-electron chi connectivity index (χ0n) is 21.1. The summed E-state index contributed by atoms with van der Waals surface area (Å²) in [5.74, 6) is 5.63. The molecule has 28 heavy (non-hydrogen) atoms. The van der Waals surface area contributed by atoms with Gasteiger partial charge in [0, 0.05) is 0 Å². The highest BCUT2D eigenvalue weighted by molar-refractivity contribution is 5.20. The van der Waals surface area contributed by atoms with Gasteiger partial charge in [0.2, 0.25) is 0 Å². The third kappa shape index (κ3) is 2.74. The molecule has 0 aromatic rings. The second-order valence-corrected chi connectivity index (χ2v) is 12.8. The largest absolute Gasteiger partial charge is 0.0651 e. The summed E-state index contributed by atoms with van der Waals surface area (Å²) in [6.45, 7) is 25.4. The fourth-order valence-corrected chi connectivity index (χ4v) is 9.75. The lowest BCUT2D eigenvalue weighted by molar-refractivity contribution is -0.125. The van der Waals surface area contributed by atoms with Gasteiger partial charge < -0.3 is 0 Å². The van der Waals surface area contributed by atoms with E-state index >= 15 is 0 Å². The van der Waals surface area contributed by atoms with Gasteiger partial charge in [0.25, 0.3) is 0 Å². The van der Waals surface area contributed by atoms with Gasteiger partial charge in [-0.25, -0.2) is 0 Å². The van der Waals surface area contributed by atoms with E-state index in [1.54, 1.807) is 12.8 Å². The van der Waals surface area contributed by atoms with E-state index in [9.17, 15) is 0 Å². The molecule has 0 spiro atoms. The van der Waals surface area contributed by atoms with E-state index in [1.165, 1.54) is 38.5 Å². The molecular weight excluding hydrogens is 336 g/mol. The summed E-state index contributed by atoms with van der Waals surface area (Å²) in [4.78, 5) is 0. The van der Waals surface area contributed by atoms with Crippen LogP contribution in [0.15, 0.2) is 0 Å². The maximum Gasteiger partial charge on any atom is -0.0198 e. The van der Waals surface area contributed by atoms with Crippen LogP contribution in [0.1, 0.15) is 121 Å². The van der Waals surface area contributed by atoms with Crippen LogP contribution in [-0.4, -0.2) is 0 Å². The van der Waals surface area contributed by atoms with Crippen LogP contribution in [0, 0.1) is 57.2 Å². The van der Waals surface area contributed by atoms with Crippen molar-refractivity contribution in [2.45, 2.75) is 121 Å². The van der Waals surface area contributed by atoms with Crippen molar-refractivity contribution in [2.75, 3.05) is 0 Å². The van der Waals surface area contributed by atoms with E-state index in [0.717, 1.165) is 40.9 Å². The van der Waals surface area contributed by atoms with Crippen LogP contribution in [0.3, 0.4) is 0 Å². The van der Waals surface area contributed by atoms with Gasteiger partial charge in [-0.05, 0) is 89.3 Å². The zero-order chi connectivity index (χ0) is 21.1. The molecule has 3 saturated carbocycles. The van der Waals surface area contributed by atoms with Crippen molar-refractivity contribution in [3.63, 3.8) is 0 Å². The Morgan fingerprint density at radius 2 is 1.71 bits per heavy atom. The lowest BCUT2D eigenvalue weighted by atomic mass is 9.44. The van der Waals surface area contributed by atoms with Crippen LogP contribution in [0.2, 0.25) is 0 Å². The van der Waals surface area contributed by atoms with Crippen molar-refractivity contribution in [2.24, 2.45) is 57.2 Å². The lowest BCUT2D eigenvalue weighted by Crippen LogP contribution is -2.54. The fourth-order valence-electron chi connectivity index (χ4n) is 9.75. The first-order valence-electron chi connectivity index (χ1n) is 13.0. The third-order valence-corrected chi connectivity index (χ3v) is 12.1. The van der Waals surface area contributed by atoms with Crippen molar-refractivity contribution in [3.8, 4) is 0 Å². The number of hydrogen-bond donors (Lipinski definition) is 0. The maximum absolute atomic E-state index is 2.68. The molecule has 0 aromatic carbocycles. The minimum atomic E-state index is 0.423. The monoisotopic (exact) mass is 388 g/mol. The Labute approximate surface area is 178 Å². The first-order chi connectivity index (χ1) is 13.0. The first-order valence-corrected chi connectivity index (χ1v) is 13.0. The Bertz CT molecular complexity index is 554. The number of rotatable bonds is 9. The molecule has 0 heteroatoms. The molecule has 3 aliphatic rings. The third-order valence-electron chi connectivity index (χ3n) is 12.1. The molecule has 0 amide bonds. The Kier molecular flexibility index (Phi) is 5.91. The summed E-state index contributed by atoms with van der Waals surface area (Å²) < 4.78 is 0. The molecule has 3 fully saturated rings. The average Bonchev–Trinajstić information content (AvgIpc) is 2.80. The highest BCUT2D eigenvalue weighted by atomic mass is 14.8. The summed E-state index contributed by atoms with van der Waals surface area (Å²) in [5.41, 5.74) is 2.31. The van der Waals surface area contributed by atoms with Crippen molar-refractivity contribution < 1.29 is 0 Å². The van der Waals surface area contributed by atoms with Crippen LogP contribution in [0.5, 0.6) is 0 Å². The van der Waals surface area contributed by atoms with E-state index in [1.807, 2.05) is 0 Å². The van der Waals surface area contributed by atoms with Crippen molar-refractivity contribution >= 4 is 0 Å². The van der Waals surface area contributed by atoms with Crippen LogP contribution >= 0.6 is 0 Å². The molecule has 164 valence electrons. The Morgan fingerprint density at radius 1 is 1.07 bits per heavy atom. The molecule has 8 unspecified atom stereocenters. The lowest BCUT2D eigenvalue weighted by Gasteiger charge is -2.61. The fraction of sp³-hybridized carbons (Fsp3) is 1.00. The predicted molar refractivity (Wildman–Crippen MR) is 124 cm³/mol. The number of hydrogen-bond acceptors (Lipinski definition) is 0. The van der Waals surface area contributed by atoms with Crippen LogP contribution < -0.4 is 0 Å². The van der Waals surface area contributed by atoms with Crippen LogP contribution in [0.25, 0.3) is 0 Å². The first kappa shape index (κ1) is 22.7. The smallest absolute Gasteiger partial charge is 0.0198 e. The Hall–Kier alpha value is 0. The standard InChI is InChI=1S/C28H52/c1-11-20(6)28(19(4)5,25(8,9)12-2)17-14-22-21(7)26(10)18-27(13-3)16-15-23(27)24(22)26/h19-24H,11-18H2,1-10H3. The zero-order valence-corrected chi connectivity index (χ0v) is 21.1. The predicted octanol–water partition coefficient (Wildman–Crippen LogP) is 8.99. The van der Waals surface area contributed by atoms with Crippen LogP contribution in [-0.2, 0) is 0 Å². The summed E-state index contributed by atoms with van der Waals surface area (Å²) in [7, 11) is 0. The molecule has 0 bridgehead atoms. The Balaban J connectivity index is 1.83. The van der Waals surface area contributed by atoms with E-state index in [0.29, 0.717) is 16.2 Å². The summed E-state index contributed by atoms with van der Waals surface area (Å²) in [6, 6.07) is 0.